The second-order valence-electron chi connectivity index (χ2n) is 4.13. The Morgan fingerprint density at radius 2 is 2.19 bits per heavy atom. The Morgan fingerprint density at radius 1 is 1.38 bits per heavy atom. The minimum Gasteiger partial charge on any atom is -0.325 e. The van der Waals surface area contributed by atoms with E-state index in [1.165, 1.54) is 24.0 Å². The van der Waals surface area contributed by atoms with Gasteiger partial charge in [-0.05, 0) is 49.1 Å². The van der Waals surface area contributed by atoms with Crippen molar-refractivity contribution in [2.75, 3.05) is 17.3 Å². The Labute approximate surface area is 101 Å². The van der Waals surface area contributed by atoms with Crippen LogP contribution < -0.4 is 5.32 Å². The highest BCUT2D eigenvalue weighted by Crippen LogP contribution is 2.27. The van der Waals surface area contributed by atoms with E-state index in [4.69, 9.17) is 0 Å². The fourth-order valence-corrected chi connectivity index (χ4v) is 2.55. The van der Waals surface area contributed by atoms with E-state index >= 15 is 0 Å². The lowest BCUT2D eigenvalue weighted by Crippen LogP contribution is -2.16. The van der Waals surface area contributed by atoms with Crippen LogP contribution in [0.3, 0.4) is 0 Å². The number of amides is 1. The number of hydrogen-bond donors (Lipinski definition) is 1. The van der Waals surface area contributed by atoms with Gasteiger partial charge in [0.1, 0.15) is 0 Å². The Kier molecular flexibility index (Phi) is 3.88. The van der Waals surface area contributed by atoms with Crippen molar-refractivity contribution in [3.8, 4) is 0 Å². The number of rotatable bonds is 3. The molecule has 2 nitrogen and oxygen atoms in total. The standard InChI is InChI=1S/C13H17NOS/c1-16-9-13(15)14-12-8-4-6-10-5-2-3-7-11(10)12/h4,6,8H,2-3,5,7,9H2,1H3,(H,14,15). The second kappa shape index (κ2) is 5.39. The van der Waals surface area contributed by atoms with Crippen molar-refractivity contribution in [2.45, 2.75) is 25.7 Å². The van der Waals surface area contributed by atoms with E-state index in [9.17, 15) is 4.79 Å². The molecular formula is C13H17NOS. The van der Waals surface area contributed by atoms with E-state index in [2.05, 4.69) is 11.4 Å². The van der Waals surface area contributed by atoms with Gasteiger partial charge in [-0.25, -0.2) is 0 Å². The van der Waals surface area contributed by atoms with Crippen molar-refractivity contribution in [2.24, 2.45) is 0 Å². The molecule has 0 bridgehead atoms. The zero-order valence-electron chi connectivity index (χ0n) is 9.58. The Bertz CT molecular complexity index is 390. The molecule has 1 amide bonds. The Hall–Kier alpha value is -0.960. The van der Waals surface area contributed by atoms with Gasteiger partial charge in [-0.15, -0.1) is 0 Å². The summed E-state index contributed by atoms with van der Waals surface area (Å²) in [6.45, 7) is 0. The molecule has 1 aromatic carbocycles. The maximum absolute atomic E-state index is 11.6. The van der Waals surface area contributed by atoms with Crippen LogP contribution in [0.2, 0.25) is 0 Å². The Morgan fingerprint density at radius 3 is 3.00 bits per heavy atom. The van der Waals surface area contributed by atoms with E-state index < -0.39 is 0 Å². The molecule has 0 saturated heterocycles. The van der Waals surface area contributed by atoms with E-state index in [0.29, 0.717) is 5.75 Å². The van der Waals surface area contributed by atoms with Crippen LogP contribution >= 0.6 is 11.8 Å². The highest BCUT2D eigenvalue weighted by Gasteiger charge is 2.13. The van der Waals surface area contributed by atoms with Gasteiger partial charge in [0.25, 0.3) is 0 Å². The fraction of sp³-hybridized carbons (Fsp3) is 0.462. The van der Waals surface area contributed by atoms with Gasteiger partial charge >= 0.3 is 0 Å². The van der Waals surface area contributed by atoms with E-state index in [1.54, 1.807) is 11.8 Å². The van der Waals surface area contributed by atoms with Crippen LogP contribution in [-0.4, -0.2) is 17.9 Å². The van der Waals surface area contributed by atoms with E-state index in [1.807, 2.05) is 18.4 Å². The molecule has 3 heteroatoms. The average Bonchev–Trinajstić information content (AvgIpc) is 2.30. The smallest absolute Gasteiger partial charge is 0.234 e. The van der Waals surface area contributed by atoms with Gasteiger partial charge in [0.2, 0.25) is 5.91 Å². The molecule has 1 aliphatic carbocycles. The third kappa shape index (κ3) is 2.59. The third-order valence-electron chi connectivity index (χ3n) is 2.95. The summed E-state index contributed by atoms with van der Waals surface area (Å²) in [7, 11) is 0. The molecule has 0 atom stereocenters. The van der Waals surface area contributed by atoms with Gasteiger partial charge in [-0.3, -0.25) is 4.79 Å². The average molecular weight is 235 g/mol. The lowest BCUT2D eigenvalue weighted by Gasteiger charge is -2.19. The van der Waals surface area contributed by atoms with Crippen molar-refractivity contribution in [1.29, 1.82) is 0 Å². The van der Waals surface area contributed by atoms with Crippen LogP contribution in [0, 0.1) is 0 Å². The molecule has 0 heterocycles. The van der Waals surface area contributed by atoms with Crippen LogP contribution in [0.5, 0.6) is 0 Å². The molecular weight excluding hydrogens is 218 g/mol. The van der Waals surface area contributed by atoms with Gasteiger partial charge in [0.15, 0.2) is 0 Å². The summed E-state index contributed by atoms with van der Waals surface area (Å²) in [6.07, 6.45) is 6.71. The molecule has 1 aromatic rings. The summed E-state index contributed by atoms with van der Waals surface area (Å²) in [4.78, 5) is 11.6. The van der Waals surface area contributed by atoms with Gasteiger partial charge in [-0.2, -0.15) is 11.8 Å². The van der Waals surface area contributed by atoms with Crippen molar-refractivity contribution in [3.63, 3.8) is 0 Å². The van der Waals surface area contributed by atoms with Crippen LogP contribution in [0.4, 0.5) is 5.69 Å². The predicted octanol–water partition coefficient (Wildman–Crippen LogP) is 2.87. The summed E-state index contributed by atoms with van der Waals surface area (Å²) < 4.78 is 0. The largest absolute Gasteiger partial charge is 0.325 e. The zero-order valence-corrected chi connectivity index (χ0v) is 10.4. The molecule has 1 aliphatic rings. The van der Waals surface area contributed by atoms with Crippen LogP contribution in [-0.2, 0) is 17.6 Å². The van der Waals surface area contributed by atoms with Crippen molar-refractivity contribution >= 4 is 23.4 Å². The van der Waals surface area contributed by atoms with Crippen LogP contribution in [0.1, 0.15) is 24.0 Å². The third-order valence-corrected chi connectivity index (χ3v) is 3.50. The summed E-state index contributed by atoms with van der Waals surface area (Å²) in [5.41, 5.74) is 3.78. The van der Waals surface area contributed by atoms with E-state index in [-0.39, 0.29) is 5.91 Å². The number of nitrogens with one attached hydrogen (secondary N) is 1. The lowest BCUT2D eigenvalue weighted by molar-refractivity contribution is -0.113. The first-order valence-corrected chi connectivity index (χ1v) is 7.10. The monoisotopic (exact) mass is 235 g/mol. The first kappa shape index (κ1) is 11.5. The number of fused-ring (bicyclic) bond motifs is 1. The van der Waals surface area contributed by atoms with E-state index in [0.717, 1.165) is 18.5 Å². The number of carbonyl (C=O) groups is 1. The number of aryl methyl sites for hydroxylation is 1. The SMILES string of the molecule is CSCC(=O)Nc1cccc2c1CCCC2. The first-order valence-electron chi connectivity index (χ1n) is 5.71. The number of carbonyl (C=O) groups excluding carboxylic acids is 1. The van der Waals surface area contributed by atoms with Crippen molar-refractivity contribution < 1.29 is 4.79 Å². The van der Waals surface area contributed by atoms with Crippen molar-refractivity contribution in [1.82, 2.24) is 0 Å². The maximum Gasteiger partial charge on any atom is 0.234 e. The molecule has 0 aliphatic heterocycles. The summed E-state index contributed by atoms with van der Waals surface area (Å²) in [5.74, 6) is 0.635. The molecule has 16 heavy (non-hydrogen) atoms. The van der Waals surface area contributed by atoms with Crippen molar-refractivity contribution in [3.05, 3.63) is 29.3 Å². The van der Waals surface area contributed by atoms with Gasteiger partial charge in [-0.1, -0.05) is 12.1 Å². The van der Waals surface area contributed by atoms with Gasteiger partial charge < -0.3 is 5.32 Å². The summed E-state index contributed by atoms with van der Waals surface area (Å²) in [6, 6.07) is 6.24. The molecule has 0 radical (unpaired) electrons. The summed E-state index contributed by atoms with van der Waals surface area (Å²) >= 11 is 1.55. The molecule has 0 spiro atoms. The topological polar surface area (TPSA) is 29.1 Å². The quantitative estimate of drug-likeness (QED) is 0.873. The molecule has 2 rings (SSSR count). The van der Waals surface area contributed by atoms with Gasteiger partial charge in [0.05, 0.1) is 5.75 Å². The molecule has 0 fully saturated rings. The molecule has 0 saturated carbocycles. The number of thioether (sulfide) groups is 1. The second-order valence-corrected chi connectivity index (χ2v) is 5.00. The first-order chi connectivity index (χ1) is 7.81. The normalized spacial score (nSPS) is 14.3. The van der Waals surface area contributed by atoms with Crippen LogP contribution in [0.15, 0.2) is 18.2 Å². The lowest BCUT2D eigenvalue weighted by atomic mass is 9.90. The summed E-state index contributed by atoms with van der Waals surface area (Å²) in [5, 5.41) is 3.01. The highest BCUT2D eigenvalue weighted by atomic mass is 32.2. The molecule has 86 valence electrons. The Balaban J connectivity index is 2.17. The number of benzene rings is 1. The van der Waals surface area contributed by atoms with Gasteiger partial charge in [0, 0.05) is 5.69 Å². The molecule has 0 aromatic heterocycles. The maximum atomic E-state index is 11.6. The number of anilines is 1. The molecule has 1 N–H and O–H groups in total. The minimum atomic E-state index is 0.103. The predicted molar refractivity (Wildman–Crippen MR) is 70.1 cm³/mol. The molecule has 0 unspecified atom stereocenters. The van der Waals surface area contributed by atoms with Crippen LogP contribution in [0.25, 0.3) is 0 Å². The number of hydrogen-bond acceptors (Lipinski definition) is 2. The highest BCUT2D eigenvalue weighted by molar-refractivity contribution is 7.99. The minimum absolute atomic E-state index is 0.103. The zero-order chi connectivity index (χ0) is 11.4. The fourth-order valence-electron chi connectivity index (χ4n) is 2.22.